The van der Waals surface area contributed by atoms with E-state index in [1.807, 2.05) is 4.90 Å². The van der Waals surface area contributed by atoms with Gasteiger partial charge >= 0.3 is 6.03 Å². The molecule has 2 heterocycles. The van der Waals surface area contributed by atoms with E-state index in [0.717, 1.165) is 52.5 Å². The molecule has 0 unspecified atom stereocenters. The van der Waals surface area contributed by atoms with Gasteiger partial charge in [-0.2, -0.15) is 0 Å². The predicted octanol–water partition coefficient (Wildman–Crippen LogP) is 2.48. The smallest absolute Gasteiger partial charge is 0.322 e. The first-order valence-electron chi connectivity index (χ1n) is 8.66. The number of nitrogens with one attached hydrogen (secondary N) is 1. The Balaban J connectivity index is 1.43. The van der Waals surface area contributed by atoms with Crippen molar-refractivity contribution in [1.29, 1.82) is 0 Å². The number of urea groups is 1. The molecule has 1 aromatic rings. The van der Waals surface area contributed by atoms with Gasteiger partial charge in [-0.1, -0.05) is 29.3 Å². The van der Waals surface area contributed by atoms with Crippen molar-refractivity contribution < 1.29 is 9.53 Å². The number of carbonyl (C=O) groups is 1. The molecule has 0 atom stereocenters. The zero-order valence-electron chi connectivity index (χ0n) is 14.2. The number of nitrogens with zero attached hydrogens (tertiary/aromatic N) is 3. The molecule has 25 heavy (non-hydrogen) atoms. The summed E-state index contributed by atoms with van der Waals surface area (Å²) in [7, 11) is 0. The molecule has 2 aliphatic rings. The zero-order valence-corrected chi connectivity index (χ0v) is 15.7. The zero-order chi connectivity index (χ0) is 17.6. The first kappa shape index (κ1) is 18.7. The van der Waals surface area contributed by atoms with Gasteiger partial charge in [0.25, 0.3) is 0 Å². The second-order valence-electron chi connectivity index (χ2n) is 6.31. The maximum atomic E-state index is 12.4. The molecule has 2 amide bonds. The number of benzene rings is 1. The minimum absolute atomic E-state index is 0.150. The Morgan fingerprint density at radius 1 is 0.960 bits per heavy atom. The number of piperazine rings is 1. The fourth-order valence-electron chi connectivity index (χ4n) is 3.09. The van der Waals surface area contributed by atoms with Gasteiger partial charge in [0.05, 0.1) is 28.9 Å². The average molecular weight is 387 g/mol. The first-order valence-corrected chi connectivity index (χ1v) is 9.41. The molecule has 3 rings (SSSR count). The van der Waals surface area contributed by atoms with E-state index < -0.39 is 0 Å². The van der Waals surface area contributed by atoms with Crippen LogP contribution in [0.4, 0.5) is 10.5 Å². The number of hydrogen-bond donors (Lipinski definition) is 1. The highest BCUT2D eigenvalue weighted by Crippen LogP contribution is 2.30. The third-order valence-electron chi connectivity index (χ3n) is 4.69. The van der Waals surface area contributed by atoms with Gasteiger partial charge < -0.3 is 15.0 Å². The molecule has 0 saturated carbocycles. The summed E-state index contributed by atoms with van der Waals surface area (Å²) < 4.78 is 5.37. The van der Waals surface area contributed by atoms with E-state index in [0.29, 0.717) is 28.8 Å². The van der Waals surface area contributed by atoms with Gasteiger partial charge in [0.15, 0.2) is 0 Å². The Bertz CT molecular complexity index is 568. The summed E-state index contributed by atoms with van der Waals surface area (Å²) in [5.41, 5.74) is 0.477. The largest absolute Gasteiger partial charge is 0.379 e. The van der Waals surface area contributed by atoms with Crippen LogP contribution < -0.4 is 5.32 Å². The van der Waals surface area contributed by atoms with Gasteiger partial charge in [-0.05, 0) is 12.1 Å². The number of halogens is 2. The number of carbonyl (C=O) groups excluding carboxylic acids is 1. The highest BCUT2D eigenvalue weighted by atomic mass is 35.5. The summed E-state index contributed by atoms with van der Waals surface area (Å²) in [6, 6.07) is 5.04. The van der Waals surface area contributed by atoms with Crippen molar-refractivity contribution in [3.05, 3.63) is 28.2 Å². The lowest BCUT2D eigenvalue weighted by molar-refractivity contribution is 0.0311. The molecule has 1 N–H and O–H groups in total. The van der Waals surface area contributed by atoms with E-state index in [-0.39, 0.29) is 6.03 Å². The monoisotopic (exact) mass is 386 g/mol. The number of para-hydroxylation sites is 1. The standard InChI is InChI=1S/C17H24Cl2N4O2/c18-14-2-1-3-15(19)16(14)20-17(24)23-8-6-21(7-9-23)4-5-22-10-12-25-13-11-22/h1-3H,4-13H2,(H,20,24). The summed E-state index contributed by atoms with van der Waals surface area (Å²) in [4.78, 5) is 19.1. The minimum Gasteiger partial charge on any atom is -0.379 e. The number of anilines is 1. The first-order chi connectivity index (χ1) is 12.1. The number of morpholine rings is 1. The Kier molecular flexibility index (Phi) is 6.78. The Morgan fingerprint density at radius 2 is 1.52 bits per heavy atom. The normalized spacial score (nSPS) is 19.8. The maximum absolute atomic E-state index is 12.4. The summed E-state index contributed by atoms with van der Waals surface area (Å²) in [5.74, 6) is 0. The molecule has 2 fully saturated rings. The molecule has 138 valence electrons. The van der Waals surface area contributed by atoms with Crippen molar-refractivity contribution >= 4 is 34.9 Å². The van der Waals surface area contributed by atoms with E-state index in [1.165, 1.54) is 0 Å². The van der Waals surface area contributed by atoms with Crippen LogP contribution in [0, 0.1) is 0 Å². The molecule has 8 heteroatoms. The van der Waals surface area contributed by atoms with Crippen molar-refractivity contribution in [2.45, 2.75) is 0 Å². The fraction of sp³-hybridized carbons (Fsp3) is 0.588. The second kappa shape index (κ2) is 9.05. The average Bonchev–Trinajstić information content (AvgIpc) is 2.64. The Labute approximate surface area is 158 Å². The van der Waals surface area contributed by atoms with E-state index in [9.17, 15) is 4.79 Å². The lowest BCUT2D eigenvalue weighted by Gasteiger charge is -2.36. The number of amides is 2. The number of ether oxygens (including phenoxy) is 1. The topological polar surface area (TPSA) is 48.1 Å². The molecule has 1 aromatic carbocycles. The predicted molar refractivity (Wildman–Crippen MR) is 101 cm³/mol. The van der Waals surface area contributed by atoms with Gasteiger partial charge in [0.2, 0.25) is 0 Å². The molecule has 2 saturated heterocycles. The van der Waals surface area contributed by atoms with Crippen LogP contribution in [0.2, 0.25) is 10.0 Å². The molecule has 0 aromatic heterocycles. The van der Waals surface area contributed by atoms with Crippen molar-refractivity contribution in [3.8, 4) is 0 Å². The van der Waals surface area contributed by atoms with Crippen molar-refractivity contribution in [2.75, 3.05) is 70.9 Å². The molecule has 0 bridgehead atoms. The quantitative estimate of drug-likeness (QED) is 0.863. The molecule has 2 aliphatic heterocycles. The molecular weight excluding hydrogens is 363 g/mol. The molecule has 0 aliphatic carbocycles. The summed E-state index contributed by atoms with van der Waals surface area (Å²) in [6.45, 7) is 8.96. The van der Waals surface area contributed by atoms with Gasteiger partial charge in [0, 0.05) is 52.4 Å². The van der Waals surface area contributed by atoms with E-state index in [4.69, 9.17) is 27.9 Å². The van der Waals surface area contributed by atoms with Crippen LogP contribution in [0.25, 0.3) is 0 Å². The molecule has 0 spiro atoms. The Morgan fingerprint density at radius 3 is 2.12 bits per heavy atom. The van der Waals surface area contributed by atoms with Crippen LogP contribution in [0.1, 0.15) is 0 Å². The van der Waals surface area contributed by atoms with E-state index in [1.54, 1.807) is 18.2 Å². The summed E-state index contributed by atoms with van der Waals surface area (Å²) >= 11 is 12.2. The second-order valence-corrected chi connectivity index (χ2v) is 7.12. The number of rotatable bonds is 4. The third-order valence-corrected chi connectivity index (χ3v) is 5.32. The lowest BCUT2D eigenvalue weighted by atomic mass is 10.3. The van der Waals surface area contributed by atoms with Crippen molar-refractivity contribution in [1.82, 2.24) is 14.7 Å². The van der Waals surface area contributed by atoms with Crippen LogP contribution in [0.3, 0.4) is 0 Å². The van der Waals surface area contributed by atoms with Crippen molar-refractivity contribution in [2.24, 2.45) is 0 Å². The van der Waals surface area contributed by atoms with E-state index in [2.05, 4.69) is 15.1 Å². The van der Waals surface area contributed by atoms with Gasteiger partial charge in [-0.3, -0.25) is 9.80 Å². The molecular formula is C17H24Cl2N4O2. The summed E-state index contributed by atoms with van der Waals surface area (Å²) in [5, 5.41) is 3.73. The fourth-order valence-corrected chi connectivity index (χ4v) is 3.58. The molecule has 0 radical (unpaired) electrons. The van der Waals surface area contributed by atoms with Crippen molar-refractivity contribution in [3.63, 3.8) is 0 Å². The third kappa shape index (κ3) is 5.21. The molecule has 6 nitrogen and oxygen atoms in total. The lowest BCUT2D eigenvalue weighted by Crippen LogP contribution is -2.51. The van der Waals surface area contributed by atoms with Crippen LogP contribution in [-0.4, -0.2) is 86.3 Å². The SMILES string of the molecule is O=C(Nc1c(Cl)cccc1Cl)N1CCN(CCN2CCOCC2)CC1. The van der Waals surface area contributed by atoms with Crippen LogP contribution in [0.15, 0.2) is 18.2 Å². The van der Waals surface area contributed by atoms with Crippen LogP contribution in [0.5, 0.6) is 0 Å². The van der Waals surface area contributed by atoms with Crippen LogP contribution >= 0.6 is 23.2 Å². The van der Waals surface area contributed by atoms with Gasteiger partial charge in [-0.25, -0.2) is 4.79 Å². The Hall–Kier alpha value is -1.05. The van der Waals surface area contributed by atoms with E-state index >= 15 is 0 Å². The maximum Gasteiger partial charge on any atom is 0.322 e. The highest BCUT2D eigenvalue weighted by molar-refractivity contribution is 6.39. The minimum atomic E-state index is -0.150. The van der Waals surface area contributed by atoms with Crippen LogP contribution in [-0.2, 0) is 4.74 Å². The summed E-state index contributed by atoms with van der Waals surface area (Å²) in [6.07, 6.45) is 0. The van der Waals surface area contributed by atoms with Gasteiger partial charge in [0.1, 0.15) is 0 Å². The highest BCUT2D eigenvalue weighted by Gasteiger charge is 2.22. The van der Waals surface area contributed by atoms with Gasteiger partial charge in [-0.15, -0.1) is 0 Å². The number of hydrogen-bond acceptors (Lipinski definition) is 4.